The number of carbonyl (C=O) groups excluding carboxylic acids is 2. The molecule has 0 saturated carbocycles. The SMILES string of the molecule is Cc1cc(NC(=O)NCc2cccc3ccccc23)ccc1N1CCCCC1=O. The van der Waals surface area contributed by atoms with Crippen molar-refractivity contribution in [2.24, 2.45) is 0 Å². The zero-order valence-corrected chi connectivity index (χ0v) is 16.6. The summed E-state index contributed by atoms with van der Waals surface area (Å²) >= 11 is 0. The molecular weight excluding hydrogens is 362 g/mol. The fourth-order valence-corrected chi connectivity index (χ4v) is 3.89. The number of fused-ring (bicyclic) bond motifs is 1. The molecule has 0 unspecified atom stereocenters. The van der Waals surface area contributed by atoms with Gasteiger partial charge in [0, 0.05) is 30.9 Å². The van der Waals surface area contributed by atoms with Crippen LogP contribution >= 0.6 is 0 Å². The zero-order valence-electron chi connectivity index (χ0n) is 16.6. The highest BCUT2D eigenvalue weighted by atomic mass is 16.2. The van der Waals surface area contributed by atoms with Crippen LogP contribution in [0.5, 0.6) is 0 Å². The Morgan fingerprint density at radius 3 is 2.69 bits per heavy atom. The molecule has 3 amide bonds. The van der Waals surface area contributed by atoms with Crippen LogP contribution in [0.1, 0.15) is 30.4 Å². The van der Waals surface area contributed by atoms with Gasteiger partial charge in [-0.1, -0.05) is 42.5 Å². The minimum Gasteiger partial charge on any atom is -0.334 e. The molecule has 0 atom stereocenters. The van der Waals surface area contributed by atoms with Gasteiger partial charge in [0.1, 0.15) is 0 Å². The molecule has 4 rings (SSSR count). The van der Waals surface area contributed by atoms with Crippen LogP contribution in [0.3, 0.4) is 0 Å². The van der Waals surface area contributed by atoms with Crippen LogP contribution in [0.4, 0.5) is 16.2 Å². The van der Waals surface area contributed by atoms with Gasteiger partial charge < -0.3 is 15.5 Å². The van der Waals surface area contributed by atoms with E-state index in [9.17, 15) is 9.59 Å². The predicted octanol–water partition coefficient (Wildman–Crippen LogP) is 4.99. The standard InChI is InChI=1S/C24H25N3O2/c1-17-15-20(12-13-22(17)27-14-5-4-11-23(27)28)26-24(29)25-16-19-9-6-8-18-7-2-3-10-21(18)19/h2-3,6-10,12-13,15H,4-5,11,14,16H2,1H3,(H2,25,26,29). The molecule has 5 nitrogen and oxygen atoms in total. The summed E-state index contributed by atoms with van der Waals surface area (Å²) in [5.41, 5.74) is 3.70. The summed E-state index contributed by atoms with van der Waals surface area (Å²) in [4.78, 5) is 26.4. The number of benzene rings is 3. The summed E-state index contributed by atoms with van der Waals surface area (Å²) in [6.07, 6.45) is 2.60. The van der Waals surface area contributed by atoms with Gasteiger partial charge in [-0.3, -0.25) is 4.79 Å². The van der Waals surface area contributed by atoms with E-state index in [0.29, 0.717) is 18.7 Å². The number of hydrogen-bond donors (Lipinski definition) is 2. The molecule has 1 aliphatic rings. The molecule has 5 heteroatoms. The van der Waals surface area contributed by atoms with Crippen LogP contribution in [0.15, 0.2) is 60.7 Å². The molecule has 1 saturated heterocycles. The van der Waals surface area contributed by atoms with E-state index in [4.69, 9.17) is 0 Å². The summed E-state index contributed by atoms with van der Waals surface area (Å²) in [5, 5.41) is 8.12. The number of piperidine rings is 1. The third kappa shape index (κ3) is 4.24. The quantitative estimate of drug-likeness (QED) is 0.663. The first kappa shape index (κ1) is 19.0. The van der Waals surface area contributed by atoms with Crippen LogP contribution < -0.4 is 15.5 Å². The average molecular weight is 387 g/mol. The van der Waals surface area contributed by atoms with Gasteiger partial charge >= 0.3 is 6.03 Å². The number of rotatable bonds is 4. The van der Waals surface area contributed by atoms with Gasteiger partial charge in [-0.25, -0.2) is 4.79 Å². The first-order valence-electron chi connectivity index (χ1n) is 10.0. The van der Waals surface area contributed by atoms with Crippen molar-refractivity contribution in [3.05, 3.63) is 71.8 Å². The Kier molecular flexibility index (Phi) is 5.47. The normalized spacial score (nSPS) is 14.1. The number of hydrogen-bond acceptors (Lipinski definition) is 2. The number of anilines is 2. The lowest BCUT2D eigenvalue weighted by atomic mass is 10.0. The molecule has 29 heavy (non-hydrogen) atoms. The molecule has 1 heterocycles. The molecule has 3 aromatic carbocycles. The summed E-state index contributed by atoms with van der Waals surface area (Å²) in [6.45, 7) is 3.18. The second-order valence-corrected chi connectivity index (χ2v) is 7.45. The Balaban J connectivity index is 1.40. The van der Waals surface area contributed by atoms with Crippen molar-refractivity contribution in [2.75, 3.05) is 16.8 Å². The Bertz CT molecular complexity index is 1060. The highest BCUT2D eigenvalue weighted by Crippen LogP contribution is 2.27. The van der Waals surface area contributed by atoms with Gasteiger partial charge in [0.2, 0.25) is 5.91 Å². The highest BCUT2D eigenvalue weighted by Gasteiger charge is 2.21. The van der Waals surface area contributed by atoms with E-state index in [1.165, 1.54) is 0 Å². The average Bonchev–Trinajstić information content (AvgIpc) is 2.73. The maximum absolute atomic E-state index is 12.4. The summed E-state index contributed by atoms with van der Waals surface area (Å²) < 4.78 is 0. The van der Waals surface area contributed by atoms with Crippen molar-refractivity contribution >= 4 is 34.1 Å². The van der Waals surface area contributed by atoms with Gasteiger partial charge in [-0.05, 0) is 59.9 Å². The number of aryl methyl sites for hydroxylation is 1. The monoisotopic (exact) mass is 387 g/mol. The van der Waals surface area contributed by atoms with Crippen LogP contribution in [0.2, 0.25) is 0 Å². The lowest BCUT2D eigenvalue weighted by Gasteiger charge is -2.28. The zero-order chi connectivity index (χ0) is 20.2. The smallest absolute Gasteiger partial charge is 0.319 e. The maximum atomic E-state index is 12.4. The van der Waals surface area contributed by atoms with E-state index in [1.54, 1.807) is 0 Å². The van der Waals surface area contributed by atoms with E-state index in [0.717, 1.165) is 47.0 Å². The summed E-state index contributed by atoms with van der Waals surface area (Å²) in [5.74, 6) is 0.174. The van der Waals surface area contributed by atoms with Crippen LogP contribution in [0.25, 0.3) is 10.8 Å². The van der Waals surface area contributed by atoms with E-state index in [2.05, 4.69) is 28.8 Å². The van der Waals surface area contributed by atoms with Gasteiger partial charge in [-0.15, -0.1) is 0 Å². The van der Waals surface area contributed by atoms with Crippen LogP contribution in [-0.2, 0) is 11.3 Å². The second kappa shape index (κ2) is 8.35. The van der Waals surface area contributed by atoms with E-state index in [1.807, 2.05) is 54.3 Å². The first-order chi connectivity index (χ1) is 14.1. The Hall–Kier alpha value is -3.34. The maximum Gasteiger partial charge on any atom is 0.319 e. The summed E-state index contributed by atoms with van der Waals surface area (Å²) in [7, 11) is 0. The van der Waals surface area contributed by atoms with Gasteiger partial charge in [0.05, 0.1) is 0 Å². The first-order valence-corrected chi connectivity index (χ1v) is 10.0. The molecule has 1 aliphatic heterocycles. The van der Waals surface area contributed by atoms with Gasteiger partial charge in [0.25, 0.3) is 0 Å². The molecule has 2 N–H and O–H groups in total. The molecule has 0 radical (unpaired) electrons. The Morgan fingerprint density at radius 2 is 1.86 bits per heavy atom. The number of carbonyl (C=O) groups is 2. The summed E-state index contributed by atoms with van der Waals surface area (Å²) in [6, 6.07) is 19.7. The van der Waals surface area contributed by atoms with E-state index in [-0.39, 0.29) is 11.9 Å². The number of urea groups is 1. The number of nitrogens with one attached hydrogen (secondary N) is 2. The van der Waals surface area contributed by atoms with Gasteiger partial charge in [-0.2, -0.15) is 0 Å². The molecule has 0 aliphatic carbocycles. The molecule has 0 spiro atoms. The largest absolute Gasteiger partial charge is 0.334 e. The third-order valence-corrected chi connectivity index (χ3v) is 5.39. The van der Waals surface area contributed by atoms with Crippen LogP contribution in [0, 0.1) is 6.92 Å². The fraction of sp³-hybridized carbons (Fsp3) is 0.250. The van der Waals surface area contributed by atoms with Crippen LogP contribution in [-0.4, -0.2) is 18.5 Å². The lowest BCUT2D eigenvalue weighted by Crippen LogP contribution is -2.35. The van der Waals surface area contributed by atoms with E-state index < -0.39 is 0 Å². The predicted molar refractivity (Wildman–Crippen MR) is 117 cm³/mol. The van der Waals surface area contributed by atoms with Gasteiger partial charge in [0.15, 0.2) is 0 Å². The molecule has 0 bridgehead atoms. The second-order valence-electron chi connectivity index (χ2n) is 7.45. The number of amides is 3. The Labute approximate surface area is 170 Å². The van der Waals surface area contributed by atoms with Crippen molar-refractivity contribution in [3.8, 4) is 0 Å². The lowest BCUT2D eigenvalue weighted by molar-refractivity contribution is -0.119. The minimum atomic E-state index is -0.251. The third-order valence-electron chi connectivity index (χ3n) is 5.39. The topological polar surface area (TPSA) is 61.4 Å². The van der Waals surface area contributed by atoms with Crippen molar-refractivity contribution < 1.29 is 9.59 Å². The van der Waals surface area contributed by atoms with Crippen molar-refractivity contribution in [3.63, 3.8) is 0 Å². The molecule has 0 aromatic heterocycles. The van der Waals surface area contributed by atoms with Crippen molar-refractivity contribution in [2.45, 2.75) is 32.7 Å². The fourth-order valence-electron chi connectivity index (χ4n) is 3.89. The highest BCUT2D eigenvalue weighted by molar-refractivity contribution is 5.96. The molecule has 1 fully saturated rings. The van der Waals surface area contributed by atoms with Crippen molar-refractivity contribution in [1.82, 2.24) is 5.32 Å². The minimum absolute atomic E-state index is 0.174. The molecular formula is C24H25N3O2. The molecule has 3 aromatic rings. The Morgan fingerprint density at radius 1 is 1.03 bits per heavy atom. The molecule has 148 valence electrons. The van der Waals surface area contributed by atoms with E-state index >= 15 is 0 Å². The number of nitrogens with zero attached hydrogens (tertiary/aromatic N) is 1. The van der Waals surface area contributed by atoms with Crippen molar-refractivity contribution in [1.29, 1.82) is 0 Å².